The minimum atomic E-state index is -0.687. The molecule has 0 fully saturated rings. The Kier molecular flexibility index (Phi) is 3.83. The molecular formula is C14H15FN2O3. The standard InChI is InChI=1S/C14H15FN2O3/c1-9-4-3-5-16(8-9)14(18)12-7-11(17(19)20)6-10(2)13(12)15/h4,6-7H,3,5,8H2,1-2H3. The van der Waals surface area contributed by atoms with Crippen LogP contribution in [-0.2, 0) is 0 Å². The van der Waals surface area contributed by atoms with Gasteiger partial charge < -0.3 is 4.90 Å². The molecule has 0 aliphatic carbocycles. The van der Waals surface area contributed by atoms with Crippen LogP contribution in [0.15, 0.2) is 23.8 Å². The average molecular weight is 278 g/mol. The topological polar surface area (TPSA) is 63.5 Å². The number of hydrogen-bond acceptors (Lipinski definition) is 3. The highest BCUT2D eigenvalue weighted by Crippen LogP contribution is 2.23. The van der Waals surface area contributed by atoms with E-state index < -0.39 is 16.6 Å². The molecule has 106 valence electrons. The van der Waals surface area contributed by atoms with Gasteiger partial charge in [-0.25, -0.2) is 4.39 Å². The number of rotatable bonds is 2. The highest BCUT2D eigenvalue weighted by atomic mass is 19.1. The number of nitro benzene ring substituents is 1. The Bertz CT molecular complexity index is 611. The lowest BCUT2D eigenvalue weighted by molar-refractivity contribution is -0.385. The normalized spacial score (nSPS) is 14.9. The third kappa shape index (κ3) is 2.68. The molecule has 1 aromatic rings. The second-order valence-corrected chi connectivity index (χ2v) is 4.95. The molecule has 1 amide bonds. The fourth-order valence-corrected chi connectivity index (χ4v) is 2.27. The van der Waals surface area contributed by atoms with Crippen LogP contribution in [0.3, 0.4) is 0 Å². The van der Waals surface area contributed by atoms with Gasteiger partial charge in [0.15, 0.2) is 0 Å². The molecule has 0 N–H and O–H groups in total. The molecule has 1 heterocycles. The zero-order valence-electron chi connectivity index (χ0n) is 11.4. The Morgan fingerprint density at radius 3 is 2.70 bits per heavy atom. The van der Waals surface area contributed by atoms with Gasteiger partial charge in [-0.15, -0.1) is 0 Å². The van der Waals surface area contributed by atoms with Gasteiger partial charge in [0.25, 0.3) is 11.6 Å². The van der Waals surface area contributed by atoms with E-state index in [1.165, 1.54) is 11.8 Å². The summed E-state index contributed by atoms with van der Waals surface area (Å²) in [5.74, 6) is -1.19. The van der Waals surface area contributed by atoms with E-state index in [1.54, 1.807) is 0 Å². The second-order valence-electron chi connectivity index (χ2n) is 4.95. The molecule has 6 heteroatoms. The summed E-state index contributed by atoms with van der Waals surface area (Å²) in [5, 5.41) is 10.8. The molecule has 0 saturated carbocycles. The first kappa shape index (κ1) is 14.2. The summed E-state index contributed by atoms with van der Waals surface area (Å²) in [7, 11) is 0. The molecule has 5 nitrogen and oxygen atoms in total. The van der Waals surface area contributed by atoms with Crippen LogP contribution in [-0.4, -0.2) is 28.8 Å². The number of non-ortho nitro benzene ring substituents is 1. The fourth-order valence-electron chi connectivity index (χ4n) is 2.27. The maximum absolute atomic E-state index is 14.1. The summed E-state index contributed by atoms with van der Waals surface area (Å²) in [6, 6.07) is 2.14. The first-order valence-corrected chi connectivity index (χ1v) is 6.29. The molecule has 1 aliphatic heterocycles. The van der Waals surface area contributed by atoms with Gasteiger partial charge in [-0.1, -0.05) is 11.6 Å². The zero-order valence-corrected chi connectivity index (χ0v) is 11.4. The van der Waals surface area contributed by atoms with Gasteiger partial charge >= 0.3 is 0 Å². The molecular weight excluding hydrogens is 263 g/mol. The van der Waals surface area contributed by atoms with E-state index in [2.05, 4.69) is 0 Å². The largest absolute Gasteiger partial charge is 0.334 e. The second kappa shape index (κ2) is 5.40. The van der Waals surface area contributed by atoms with Crippen molar-refractivity contribution in [1.29, 1.82) is 0 Å². The summed E-state index contributed by atoms with van der Waals surface area (Å²) in [5.41, 5.74) is 0.641. The van der Waals surface area contributed by atoms with Crippen LogP contribution < -0.4 is 0 Å². The first-order chi connectivity index (χ1) is 9.40. The number of carbonyl (C=O) groups is 1. The summed E-state index contributed by atoms with van der Waals surface area (Å²) in [4.78, 5) is 24.0. The Labute approximate surface area is 115 Å². The molecule has 0 radical (unpaired) electrons. The van der Waals surface area contributed by atoms with Crippen LogP contribution in [0.25, 0.3) is 0 Å². The fraction of sp³-hybridized carbons (Fsp3) is 0.357. The Morgan fingerprint density at radius 2 is 2.10 bits per heavy atom. The average Bonchev–Trinajstić information content (AvgIpc) is 2.40. The molecule has 1 aliphatic rings. The van der Waals surface area contributed by atoms with Gasteiger partial charge in [0.1, 0.15) is 5.82 Å². The van der Waals surface area contributed by atoms with Gasteiger partial charge in [-0.05, 0) is 25.8 Å². The highest BCUT2D eigenvalue weighted by Gasteiger charge is 2.24. The molecule has 1 aromatic carbocycles. The summed E-state index contributed by atoms with van der Waals surface area (Å²) < 4.78 is 14.1. The smallest absolute Gasteiger partial charge is 0.270 e. The Morgan fingerprint density at radius 1 is 1.40 bits per heavy atom. The SMILES string of the molecule is CC1=CCCN(C(=O)c2cc([N+](=O)[O-])cc(C)c2F)C1. The lowest BCUT2D eigenvalue weighted by atomic mass is 10.1. The molecule has 0 spiro atoms. The molecule has 2 rings (SSSR count). The van der Waals surface area contributed by atoms with Crippen LogP contribution in [0.2, 0.25) is 0 Å². The van der Waals surface area contributed by atoms with Crippen molar-refractivity contribution in [2.24, 2.45) is 0 Å². The lowest BCUT2D eigenvalue weighted by Crippen LogP contribution is -2.36. The van der Waals surface area contributed by atoms with Crippen molar-refractivity contribution in [3.05, 3.63) is 50.8 Å². The predicted octanol–water partition coefficient (Wildman–Crippen LogP) is 2.83. The van der Waals surface area contributed by atoms with Crippen molar-refractivity contribution in [2.75, 3.05) is 13.1 Å². The van der Waals surface area contributed by atoms with Crippen molar-refractivity contribution < 1.29 is 14.1 Å². The van der Waals surface area contributed by atoms with Gasteiger partial charge in [0.05, 0.1) is 10.5 Å². The van der Waals surface area contributed by atoms with Gasteiger partial charge in [0, 0.05) is 25.2 Å². The minimum Gasteiger partial charge on any atom is -0.334 e. The van der Waals surface area contributed by atoms with Crippen molar-refractivity contribution in [3.8, 4) is 0 Å². The number of amides is 1. The van der Waals surface area contributed by atoms with Gasteiger partial charge in [-0.2, -0.15) is 0 Å². The van der Waals surface area contributed by atoms with E-state index >= 15 is 0 Å². The predicted molar refractivity (Wildman–Crippen MR) is 72.1 cm³/mol. The van der Waals surface area contributed by atoms with E-state index in [0.29, 0.717) is 19.5 Å². The van der Waals surface area contributed by atoms with Crippen LogP contribution >= 0.6 is 0 Å². The first-order valence-electron chi connectivity index (χ1n) is 6.29. The third-order valence-corrected chi connectivity index (χ3v) is 3.30. The third-order valence-electron chi connectivity index (χ3n) is 3.30. The van der Waals surface area contributed by atoms with Crippen LogP contribution in [0.4, 0.5) is 10.1 Å². The van der Waals surface area contributed by atoms with Gasteiger partial charge in [0.2, 0.25) is 0 Å². The van der Waals surface area contributed by atoms with Crippen LogP contribution in [0.1, 0.15) is 29.3 Å². The van der Waals surface area contributed by atoms with E-state index in [-0.39, 0.29) is 16.8 Å². The van der Waals surface area contributed by atoms with Crippen LogP contribution in [0.5, 0.6) is 0 Å². The summed E-state index contributed by atoms with van der Waals surface area (Å²) in [6.45, 7) is 4.24. The number of hydrogen-bond donors (Lipinski definition) is 0. The number of carbonyl (C=O) groups excluding carboxylic acids is 1. The number of nitrogens with zero attached hydrogens (tertiary/aromatic N) is 2. The summed E-state index contributed by atoms with van der Waals surface area (Å²) in [6.07, 6.45) is 2.74. The minimum absolute atomic E-state index is 0.104. The number of aryl methyl sites for hydroxylation is 1. The number of halogens is 1. The van der Waals surface area contributed by atoms with Crippen molar-refractivity contribution in [3.63, 3.8) is 0 Å². The maximum atomic E-state index is 14.1. The monoisotopic (exact) mass is 278 g/mol. The van der Waals surface area contributed by atoms with E-state index in [0.717, 1.165) is 17.7 Å². The van der Waals surface area contributed by atoms with Crippen molar-refractivity contribution >= 4 is 11.6 Å². The van der Waals surface area contributed by atoms with E-state index in [4.69, 9.17) is 0 Å². The Balaban J connectivity index is 2.39. The number of nitro groups is 1. The van der Waals surface area contributed by atoms with Crippen molar-refractivity contribution in [1.82, 2.24) is 4.90 Å². The summed E-state index contributed by atoms with van der Waals surface area (Å²) >= 11 is 0. The zero-order chi connectivity index (χ0) is 14.9. The van der Waals surface area contributed by atoms with Crippen LogP contribution in [0, 0.1) is 22.9 Å². The molecule has 0 bridgehead atoms. The van der Waals surface area contributed by atoms with Crippen molar-refractivity contribution in [2.45, 2.75) is 20.3 Å². The molecule has 0 unspecified atom stereocenters. The van der Waals surface area contributed by atoms with E-state index in [9.17, 15) is 19.3 Å². The van der Waals surface area contributed by atoms with Gasteiger partial charge in [-0.3, -0.25) is 14.9 Å². The molecule has 0 atom stereocenters. The maximum Gasteiger partial charge on any atom is 0.270 e. The van der Waals surface area contributed by atoms with E-state index in [1.807, 2.05) is 13.0 Å². The lowest BCUT2D eigenvalue weighted by Gasteiger charge is -2.26. The highest BCUT2D eigenvalue weighted by molar-refractivity contribution is 5.95. The molecule has 0 aromatic heterocycles. The molecule has 0 saturated heterocycles. The quantitative estimate of drug-likeness (QED) is 0.474. The molecule has 20 heavy (non-hydrogen) atoms. The Hall–Kier alpha value is -2.24. The number of benzene rings is 1.